The highest BCUT2D eigenvalue weighted by molar-refractivity contribution is 5.76. The second-order valence-corrected chi connectivity index (χ2v) is 6.20. The molecule has 1 aromatic rings. The van der Waals surface area contributed by atoms with Crippen molar-refractivity contribution in [3.05, 3.63) is 35.6 Å². The van der Waals surface area contributed by atoms with Crippen LogP contribution in [-0.2, 0) is 11.2 Å². The van der Waals surface area contributed by atoms with Crippen molar-refractivity contribution in [2.24, 2.45) is 5.92 Å². The minimum absolute atomic E-state index is 0.0722. The van der Waals surface area contributed by atoms with E-state index in [4.69, 9.17) is 6.42 Å². The molecule has 1 heterocycles. The van der Waals surface area contributed by atoms with E-state index in [9.17, 15) is 14.3 Å². The second-order valence-electron chi connectivity index (χ2n) is 6.20. The number of amides is 1. The van der Waals surface area contributed by atoms with Gasteiger partial charge in [0.25, 0.3) is 0 Å². The highest BCUT2D eigenvalue weighted by Gasteiger charge is 2.32. The summed E-state index contributed by atoms with van der Waals surface area (Å²) in [6.07, 6.45) is 7.25. The molecule has 1 unspecified atom stereocenters. The first-order valence-electron chi connectivity index (χ1n) is 7.64. The smallest absolute Gasteiger partial charge is 0.222 e. The number of aliphatic hydroxyl groups is 1. The largest absolute Gasteiger partial charge is 0.377 e. The van der Waals surface area contributed by atoms with Gasteiger partial charge in [-0.05, 0) is 30.0 Å². The molecule has 1 N–H and O–H groups in total. The van der Waals surface area contributed by atoms with Crippen LogP contribution in [0.1, 0.15) is 31.7 Å². The average Bonchev–Trinajstić information content (AvgIpc) is 2.47. The van der Waals surface area contributed by atoms with Gasteiger partial charge in [-0.1, -0.05) is 25.0 Å². The fraction of sp³-hybridized carbons (Fsp3) is 0.500. The van der Waals surface area contributed by atoms with Crippen molar-refractivity contribution in [1.82, 2.24) is 4.90 Å². The Morgan fingerprint density at radius 2 is 2.18 bits per heavy atom. The van der Waals surface area contributed by atoms with Crippen molar-refractivity contribution in [3.8, 4) is 12.3 Å². The summed E-state index contributed by atoms with van der Waals surface area (Å²) in [6.45, 7) is 2.98. The van der Waals surface area contributed by atoms with Crippen molar-refractivity contribution in [2.75, 3.05) is 13.1 Å². The minimum Gasteiger partial charge on any atom is -0.377 e. The van der Waals surface area contributed by atoms with Crippen LogP contribution in [0.5, 0.6) is 0 Å². The van der Waals surface area contributed by atoms with Gasteiger partial charge in [0.15, 0.2) is 0 Å². The highest BCUT2D eigenvalue weighted by atomic mass is 19.1. The summed E-state index contributed by atoms with van der Waals surface area (Å²) in [6, 6.07) is 6.48. The first-order chi connectivity index (χ1) is 10.4. The first kappa shape index (κ1) is 16.5. The lowest BCUT2D eigenvalue weighted by Gasteiger charge is -2.35. The van der Waals surface area contributed by atoms with Crippen LogP contribution in [0.15, 0.2) is 24.3 Å². The number of piperidine rings is 1. The number of hydrogen-bond acceptors (Lipinski definition) is 2. The molecule has 1 aliphatic rings. The molecule has 22 heavy (non-hydrogen) atoms. The van der Waals surface area contributed by atoms with Gasteiger partial charge in [-0.2, -0.15) is 0 Å². The lowest BCUT2D eigenvalue weighted by atomic mass is 9.91. The standard InChI is InChI=1S/C18H22FNO2/c1-3-18(22)7-9-20(10-8-18)17(21)12-14(2)11-15-5-4-6-16(19)13-15/h1,4-6,13-14,22H,7-12H2,2H3. The van der Waals surface area contributed by atoms with Crippen LogP contribution in [0.3, 0.4) is 0 Å². The Labute approximate surface area is 131 Å². The zero-order valence-corrected chi connectivity index (χ0v) is 12.9. The predicted octanol–water partition coefficient (Wildman–Crippen LogP) is 2.38. The molecule has 1 atom stereocenters. The topological polar surface area (TPSA) is 40.5 Å². The molecule has 0 radical (unpaired) electrons. The second kappa shape index (κ2) is 6.93. The van der Waals surface area contributed by atoms with Crippen molar-refractivity contribution < 1.29 is 14.3 Å². The molecule has 118 valence electrons. The molecule has 0 saturated carbocycles. The summed E-state index contributed by atoms with van der Waals surface area (Å²) in [5.74, 6) is 2.36. The van der Waals surface area contributed by atoms with Gasteiger partial charge in [0, 0.05) is 32.4 Å². The van der Waals surface area contributed by atoms with E-state index < -0.39 is 5.60 Å². The lowest BCUT2D eigenvalue weighted by Crippen LogP contribution is -2.46. The number of nitrogens with zero attached hydrogens (tertiary/aromatic N) is 1. The Balaban J connectivity index is 1.83. The Morgan fingerprint density at radius 1 is 1.50 bits per heavy atom. The van der Waals surface area contributed by atoms with Crippen LogP contribution in [-0.4, -0.2) is 34.6 Å². The van der Waals surface area contributed by atoms with E-state index in [1.54, 1.807) is 11.0 Å². The van der Waals surface area contributed by atoms with Crippen molar-refractivity contribution in [1.29, 1.82) is 0 Å². The number of rotatable bonds is 4. The third kappa shape index (κ3) is 4.32. The zero-order valence-electron chi connectivity index (χ0n) is 12.9. The first-order valence-corrected chi connectivity index (χ1v) is 7.64. The van der Waals surface area contributed by atoms with Gasteiger partial charge in [-0.3, -0.25) is 4.79 Å². The van der Waals surface area contributed by atoms with Gasteiger partial charge in [0.1, 0.15) is 11.4 Å². The van der Waals surface area contributed by atoms with Crippen LogP contribution in [0.4, 0.5) is 4.39 Å². The molecule has 2 rings (SSSR count). The van der Waals surface area contributed by atoms with E-state index in [0.717, 1.165) is 5.56 Å². The third-order valence-electron chi connectivity index (χ3n) is 4.21. The number of halogens is 1. The number of benzene rings is 1. The Kier molecular flexibility index (Phi) is 5.20. The highest BCUT2D eigenvalue weighted by Crippen LogP contribution is 2.23. The van der Waals surface area contributed by atoms with Crippen molar-refractivity contribution in [2.45, 2.75) is 38.2 Å². The number of terminal acetylenes is 1. The maximum Gasteiger partial charge on any atom is 0.222 e. The van der Waals surface area contributed by atoms with Crippen LogP contribution in [0.2, 0.25) is 0 Å². The fourth-order valence-corrected chi connectivity index (χ4v) is 2.84. The summed E-state index contributed by atoms with van der Waals surface area (Å²) in [5, 5.41) is 9.97. The van der Waals surface area contributed by atoms with Gasteiger partial charge in [-0.15, -0.1) is 6.42 Å². The van der Waals surface area contributed by atoms with E-state index in [0.29, 0.717) is 38.8 Å². The Bertz CT molecular complexity index is 571. The van der Waals surface area contributed by atoms with E-state index in [-0.39, 0.29) is 17.6 Å². The van der Waals surface area contributed by atoms with Crippen molar-refractivity contribution in [3.63, 3.8) is 0 Å². The summed E-state index contributed by atoms with van der Waals surface area (Å²) >= 11 is 0. The molecule has 0 aromatic heterocycles. The summed E-state index contributed by atoms with van der Waals surface area (Å²) in [4.78, 5) is 14.0. The number of likely N-dealkylation sites (tertiary alicyclic amines) is 1. The van der Waals surface area contributed by atoms with E-state index in [1.807, 2.05) is 13.0 Å². The molecule has 1 aliphatic heterocycles. The predicted molar refractivity (Wildman–Crippen MR) is 83.5 cm³/mol. The molecule has 0 bridgehead atoms. The summed E-state index contributed by atoms with van der Waals surface area (Å²) in [7, 11) is 0. The van der Waals surface area contributed by atoms with Crippen LogP contribution in [0.25, 0.3) is 0 Å². The normalized spacial score (nSPS) is 18.5. The average molecular weight is 303 g/mol. The zero-order chi connectivity index (χ0) is 16.2. The van der Waals surface area contributed by atoms with Crippen LogP contribution < -0.4 is 0 Å². The maximum absolute atomic E-state index is 13.2. The van der Waals surface area contributed by atoms with E-state index in [1.165, 1.54) is 12.1 Å². The van der Waals surface area contributed by atoms with Gasteiger partial charge in [0.05, 0.1) is 0 Å². The van der Waals surface area contributed by atoms with Crippen molar-refractivity contribution >= 4 is 5.91 Å². The van der Waals surface area contributed by atoms with Gasteiger partial charge < -0.3 is 10.0 Å². The molecule has 0 aliphatic carbocycles. The molecule has 0 spiro atoms. The fourth-order valence-electron chi connectivity index (χ4n) is 2.84. The minimum atomic E-state index is -1.07. The van der Waals surface area contributed by atoms with Gasteiger partial charge >= 0.3 is 0 Å². The maximum atomic E-state index is 13.2. The van der Waals surface area contributed by atoms with Crippen LogP contribution >= 0.6 is 0 Å². The van der Waals surface area contributed by atoms with E-state index in [2.05, 4.69) is 5.92 Å². The molecule has 1 saturated heterocycles. The molecule has 1 amide bonds. The molecule has 1 fully saturated rings. The lowest BCUT2D eigenvalue weighted by molar-refractivity contribution is -0.135. The quantitative estimate of drug-likeness (QED) is 0.868. The molecule has 3 nitrogen and oxygen atoms in total. The number of carbonyl (C=O) groups is 1. The molecule has 4 heteroatoms. The number of hydrogen-bond donors (Lipinski definition) is 1. The SMILES string of the molecule is C#CC1(O)CCN(C(=O)CC(C)Cc2cccc(F)c2)CC1. The third-order valence-corrected chi connectivity index (χ3v) is 4.21. The van der Waals surface area contributed by atoms with Gasteiger partial charge in [0.2, 0.25) is 5.91 Å². The molecular weight excluding hydrogens is 281 g/mol. The summed E-state index contributed by atoms with van der Waals surface area (Å²) < 4.78 is 13.2. The molecule has 1 aromatic carbocycles. The summed E-state index contributed by atoms with van der Waals surface area (Å²) in [5.41, 5.74) is -0.162. The molecular formula is C18H22FNO2. The van der Waals surface area contributed by atoms with E-state index >= 15 is 0 Å². The van der Waals surface area contributed by atoms with Gasteiger partial charge in [-0.25, -0.2) is 4.39 Å². The number of carbonyl (C=O) groups excluding carboxylic acids is 1. The Hall–Kier alpha value is -1.86. The van der Waals surface area contributed by atoms with Crippen LogP contribution in [0, 0.1) is 24.1 Å². The Morgan fingerprint density at radius 3 is 2.77 bits per heavy atom. The monoisotopic (exact) mass is 303 g/mol.